The molecule has 0 aliphatic carbocycles. The molecule has 0 saturated carbocycles. The minimum absolute atomic E-state index is 0.0374. The Kier molecular flexibility index (Phi) is 5.36. The third-order valence-corrected chi connectivity index (χ3v) is 3.01. The van der Waals surface area contributed by atoms with E-state index in [1.165, 1.54) is 0 Å². The van der Waals surface area contributed by atoms with Crippen molar-refractivity contribution >= 4 is 42.8 Å². The van der Waals surface area contributed by atoms with E-state index in [1.807, 2.05) is 0 Å². The van der Waals surface area contributed by atoms with Crippen LogP contribution in [0, 0.1) is 0 Å². The Hall–Kier alpha value is -0.320. The molecule has 1 rings (SSSR count). The molecule has 1 unspecified atom stereocenters. The van der Waals surface area contributed by atoms with Gasteiger partial charge in [-0.2, -0.15) is 25.3 Å². The van der Waals surface area contributed by atoms with E-state index in [9.17, 15) is 4.79 Å². The summed E-state index contributed by atoms with van der Waals surface area (Å²) in [5.41, 5.74) is 0.485. The molecule has 0 heterocycles. The standard InChI is InChI=1S/C10H11ClO2S2/c11-8-3-1-7(2-4-8)10(12)13-5-9(15)6-14/h1-4,9,14-15H,5-6H2. The van der Waals surface area contributed by atoms with E-state index in [2.05, 4.69) is 25.3 Å². The second-order valence-electron chi connectivity index (χ2n) is 2.94. The molecule has 1 aromatic rings. The number of rotatable bonds is 4. The van der Waals surface area contributed by atoms with Gasteiger partial charge in [0.05, 0.1) is 5.56 Å². The molecule has 1 aromatic carbocycles. The fourth-order valence-electron chi connectivity index (χ4n) is 0.894. The van der Waals surface area contributed by atoms with E-state index in [0.29, 0.717) is 16.3 Å². The lowest BCUT2D eigenvalue weighted by Crippen LogP contribution is -2.15. The molecule has 82 valence electrons. The maximum absolute atomic E-state index is 11.5. The first kappa shape index (κ1) is 12.7. The van der Waals surface area contributed by atoms with E-state index in [1.54, 1.807) is 24.3 Å². The lowest BCUT2D eigenvalue weighted by atomic mass is 10.2. The molecular formula is C10H11ClO2S2. The average Bonchev–Trinajstić information content (AvgIpc) is 2.26. The van der Waals surface area contributed by atoms with Crippen LogP contribution in [0.2, 0.25) is 5.02 Å². The van der Waals surface area contributed by atoms with Crippen molar-refractivity contribution in [3.05, 3.63) is 34.9 Å². The zero-order valence-electron chi connectivity index (χ0n) is 7.89. The zero-order valence-corrected chi connectivity index (χ0v) is 10.4. The third-order valence-electron chi connectivity index (χ3n) is 1.70. The van der Waals surface area contributed by atoms with Crippen molar-refractivity contribution < 1.29 is 9.53 Å². The molecule has 15 heavy (non-hydrogen) atoms. The van der Waals surface area contributed by atoms with E-state index < -0.39 is 0 Å². The van der Waals surface area contributed by atoms with E-state index >= 15 is 0 Å². The van der Waals surface area contributed by atoms with Gasteiger partial charge in [-0.25, -0.2) is 4.79 Å². The Bertz CT molecular complexity index is 327. The maximum Gasteiger partial charge on any atom is 0.338 e. The van der Waals surface area contributed by atoms with E-state index in [0.717, 1.165) is 0 Å². The van der Waals surface area contributed by atoms with Crippen molar-refractivity contribution in [3.63, 3.8) is 0 Å². The molecule has 0 radical (unpaired) electrons. The van der Waals surface area contributed by atoms with Crippen molar-refractivity contribution in [2.75, 3.05) is 12.4 Å². The molecule has 0 saturated heterocycles. The number of hydrogen-bond acceptors (Lipinski definition) is 4. The van der Waals surface area contributed by atoms with Gasteiger partial charge in [-0.1, -0.05) is 11.6 Å². The van der Waals surface area contributed by atoms with Crippen molar-refractivity contribution in [1.82, 2.24) is 0 Å². The summed E-state index contributed by atoms with van der Waals surface area (Å²) >= 11 is 13.9. The predicted molar refractivity (Wildman–Crippen MR) is 68.4 cm³/mol. The van der Waals surface area contributed by atoms with Crippen molar-refractivity contribution in [1.29, 1.82) is 0 Å². The molecule has 0 spiro atoms. The summed E-state index contributed by atoms with van der Waals surface area (Å²) in [6.07, 6.45) is 0. The topological polar surface area (TPSA) is 26.3 Å². The fourth-order valence-corrected chi connectivity index (χ4v) is 1.20. The molecular weight excluding hydrogens is 252 g/mol. The Morgan fingerprint density at radius 2 is 2.00 bits per heavy atom. The highest BCUT2D eigenvalue weighted by molar-refractivity contribution is 7.84. The van der Waals surface area contributed by atoms with Crippen molar-refractivity contribution in [2.45, 2.75) is 5.25 Å². The summed E-state index contributed by atoms with van der Waals surface area (Å²) in [6.45, 7) is 0.258. The molecule has 2 nitrogen and oxygen atoms in total. The smallest absolute Gasteiger partial charge is 0.338 e. The summed E-state index contributed by atoms with van der Waals surface area (Å²) in [5.74, 6) is 0.198. The molecule has 0 bridgehead atoms. The normalized spacial score (nSPS) is 12.2. The van der Waals surface area contributed by atoms with Gasteiger partial charge in [0.25, 0.3) is 0 Å². The van der Waals surface area contributed by atoms with Gasteiger partial charge >= 0.3 is 5.97 Å². The van der Waals surface area contributed by atoms with Crippen LogP contribution >= 0.6 is 36.9 Å². The summed E-state index contributed by atoms with van der Waals surface area (Å²) in [6, 6.07) is 6.54. The van der Waals surface area contributed by atoms with Gasteiger partial charge in [0.2, 0.25) is 0 Å². The Morgan fingerprint density at radius 1 is 1.40 bits per heavy atom. The first-order valence-electron chi connectivity index (χ1n) is 4.35. The number of ether oxygens (including phenoxy) is 1. The van der Waals surface area contributed by atoms with Gasteiger partial charge in [-0.05, 0) is 24.3 Å². The molecule has 0 aliphatic heterocycles. The molecule has 0 aromatic heterocycles. The summed E-state index contributed by atoms with van der Waals surface area (Å²) < 4.78 is 5.01. The number of carbonyl (C=O) groups excluding carboxylic acids is 1. The van der Waals surface area contributed by atoms with Crippen LogP contribution in [0.25, 0.3) is 0 Å². The number of benzene rings is 1. The predicted octanol–water partition coefficient (Wildman–Crippen LogP) is 2.73. The summed E-state index contributed by atoms with van der Waals surface area (Å²) in [7, 11) is 0. The van der Waals surface area contributed by atoms with E-state index in [4.69, 9.17) is 16.3 Å². The van der Waals surface area contributed by atoms with Crippen LogP contribution in [0.4, 0.5) is 0 Å². The second-order valence-corrected chi connectivity index (χ2v) is 4.47. The Balaban J connectivity index is 2.50. The first-order chi connectivity index (χ1) is 7.13. The zero-order chi connectivity index (χ0) is 11.3. The van der Waals surface area contributed by atoms with Gasteiger partial charge in [0.15, 0.2) is 0 Å². The van der Waals surface area contributed by atoms with Crippen LogP contribution < -0.4 is 0 Å². The lowest BCUT2D eigenvalue weighted by Gasteiger charge is -2.08. The molecule has 0 fully saturated rings. The highest BCUT2D eigenvalue weighted by atomic mass is 35.5. The number of carbonyl (C=O) groups is 1. The Labute approximate surface area is 105 Å². The molecule has 5 heteroatoms. The minimum atomic E-state index is -0.368. The molecule has 0 N–H and O–H groups in total. The number of hydrogen-bond donors (Lipinski definition) is 2. The van der Waals surface area contributed by atoms with Crippen LogP contribution in [0.5, 0.6) is 0 Å². The van der Waals surface area contributed by atoms with Crippen molar-refractivity contribution in [2.24, 2.45) is 0 Å². The highest BCUT2D eigenvalue weighted by Gasteiger charge is 2.08. The maximum atomic E-state index is 11.5. The summed E-state index contributed by atoms with van der Waals surface area (Å²) in [4.78, 5) is 11.5. The monoisotopic (exact) mass is 262 g/mol. The van der Waals surface area contributed by atoms with Gasteiger partial charge in [-0.15, -0.1) is 0 Å². The SMILES string of the molecule is O=C(OCC(S)CS)c1ccc(Cl)cc1. The molecule has 0 aliphatic rings. The van der Waals surface area contributed by atoms with Crippen LogP contribution in [0.15, 0.2) is 24.3 Å². The average molecular weight is 263 g/mol. The number of thiol groups is 2. The summed E-state index contributed by atoms with van der Waals surface area (Å²) in [5, 5.41) is 0.554. The van der Waals surface area contributed by atoms with Gasteiger partial charge in [0.1, 0.15) is 6.61 Å². The lowest BCUT2D eigenvalue weighted by molar-refractivity contribution is 0.0512. The van der Waals surface area contributed by atoms with Gasteiger partial charge in [-0.3, -0.25) is 0 Å². The van der Waals surface area contributed by atoms with Crippen LogP contribution in [0.1, 0.15) is 10.4 Å². The second kappa shape index (κ2) is 6.30. The minimum Gasteiger partial charge on any atom is -0.461 e. The Morgan fingerprint density at radius 3 is 2.53 bits per heavy atom. The van der Waals surface area contributed by atoms with Crippen molar-refractivity contribution in [3.8, 4) is 0 Å². The first-order valence-corrected chi connectivity index (χ1v) is 5.88. The van der Waals surface area contributed by atoms with Gasteiger partial charge < -0.3 is 4.74 Å². The van der Waals surface area contributed by atoms with Crippen LogP contribution in [-0.4, -0.2) is 23.6 Å². The number of halogens is 1. The largest absolute Gasteiger partial charge is 0.461 e. The quantitative estimate of drug-likeness (QED) is 0.645. The third kappa shape index (κ3) is 4.36. The van der Waals surface area contributed by atoms with E-state index in [-0.39, 0.29) is 17.8 Å². The van der Waals surface area contributed by atoms with Gasteiger partial charge in [0, 0.05) is 16.0 Å². The van der Waals surface area contributed by atoms with Crippen LogP contribution in [0.3, 0.4) is 0 Å². The molecule has 1 atom stereocenters. The van der Waals surface area contributed by atoms with Crippen LogP contribution in [-0.2, 0) is 4.74 Å². The molecule has 0 amide bonds. The highest BCUT2D eigenvalue weighted by Crippen LogP contribution is 2.11. The number of esters is 1. The fraction of sp³-hybridized carbons (Fsp3) is 0.300.